The molecule has 0 N–H and O–H groups in total. The zero-order valence-electron chi connectivity index (χ0n) is 33.9. The highest BCUT2D eigenvalue weighted by Gasteiger charge is 2.23. The number of hydrogen-bond donors (Lipinski definition) is 0. The Labute approximate surface area is 361 Å². The minimum Gasteiger partial charge on any atom is -0.455 e. The molecule has 0 radical (unpaired) electrons. The van der Waals surface area contributed by atoms with E-state index in [2.05, 4.69) is 173 Å². The van der Waals surface area contributed by atoms with E-state index >= 15 is 0 Å². The third-order valence-electron chi connectivity index (χ3n) is 12.4. The second-order valence-corrected chi connectivity index (χ2v) is 16.0. The lowest BCUT2D eigenvalue weighted by atomic mass is 9.96. The topological polar surface area (TPSA) is 61.7 Å². The molecule has 9 aromatic carbocycles. The molecular formula is C57H35N5O. The van der Waals surface area contributed by atoms with Crippen LogP contribution < -0.4 is 0 Å². The Bertz CT molecular complexity index is 3850. The van der Waals surface area contributed by atoms with Crippen LogP contribution in [0.5, 0.6) is 0 Å². The summed E-state index contributed by atoms with van der Waals surface area (Å²) in [5.41, 5.74) is 13.2. The van der Waals surface area contributed by atoms with Gasteiger partial charge in [-0.1, -0.05) is 176 Å². The number of aromatic nitrogens is 5. The SMILES string of the molecule is c1ccc(-c2ccc(-c3cccc4c3oc3ccccc34)c(-n3c4ccccc4c4cc5c6ccccc6n(-c6nc(-c7ccccc7)nc(-c7ccccc7)n6)c5cc43)c2)cc1. The number of furan rings is 1. The van der Waals surface area contributed by atoms with Gasteiger partial charge in [0.1, 0.15) is 11.2 Å². The molecule has 4 heterocycles. The summed E-state index contributed by atoms with van der Waals surface area (Å²) in [7, 11) is 0. The van der Waals surface area contributed by atoms with Crippen molar-refractivity contribution in [1.82, 2.24) is 24.1 Å². The highest BCUT2D eigenvalue weighted by molar-refractivity contribution is 6.19. The van der Waals surface area contributed by atoms with Gasteiger partial charge in [-0.2, -0.15) is 9.97 Å². The second-order valence-electron chi connectivity index (χ2n) is 16.0. The first-order valence-electron chi connectivity index (χ1n) is 21.2. The Morgan fingerprint density at radius 1 is 0.317 bits per heavy atom. The molecule has 6 heteroatoms. The summed E-state index contributed by atoms with van der Waals surface area (Å²) in [6, 6.07) is 74.5. The zero-order valence-corrected chi connectivity index (χ0v) is 33.9. The molecule has 13 aromatic rings. The van der Waals surface area contributed by atoms with Crippen LogP contribution in [-0.2, 0) is 0 Å². The summed E-state index contributed by atoms with van der Waals surface area (Å²) in [5.74, 6) is 1.78. The standard InChI is InChI=1S/C57H35N5O/c1-4-17-36(18-5-1)39-31-32-42(44-26-16-27-45-43-25-12-15-30-53(43)63-54(44)45)50(33-39)61-48-28-13-10-23-40(48)46-34-47-41-24-11-14-29-49(41)62(52(47)35-51(46)61)57-59-55(37-19-6-2-7-20-37)58-56(60-57)38-21-8-3-9-22-38/h1-35H. The van der Waals surface area contributed by atoms with Crippen molar-refractivity contribution in [3.8, 4) is 56.7 Å². The molecule has 0 aliphatic rings. The first-order valence-corrected chi connectivity index (χ1v) is 21.2. The first-order chi connectivity index (χ1) is 31.2. The van der Waals surface area contributed by atoms with Gasteiger partial charge in [-0.3, -0.25) is 4.57 Å². The molecular weight excluding hydrogens is 771 g/mol. The fourth-order valence-corrected chi connectivity index (χ4v) is 9.52. The fraction of sp³-hybridized carbons (Fsp3) is 0. The van der Waals surface area contributed by atoms with Gasteiger partial charge in [0.25, 0.3) is 0 Å². The molecule has 4 aromatic heterocycles. The fourth-order valence-electron chi connectivity index (χ4n) is 9.52. The number of para-hydroxylation sites is 4. The lowest BCUT2D eigenvalue weighted by molar-refractivity contribution is 0.670. The van der Waals surface area contributed by atoms with Crippen LogP contribution in [0, 0.1) is 0 Å². The van der Waals surface area contributed by atoms with E-state index in [1.807, 2.05) is 48.5 Å². The van der Waals surface area contributed by atoms with E-state index < -0.39 is 0 Å². The maximum atomic E-state index is 6.71. The Hall–Kier alpha value is -8.61. The predicted molar refractivity (Wildman–Crippen MR) is 258 cm³/mol. The lowest BCUT2D eigenvalue weighted by Gasteiger charge is -2.17. The number of benzene rings is 9. The molecule has 0 spiro atoms. The zero-order chi connectivity index (χ0) is 41.4. The molecule has 0 aliphatic carbocycles. The Kier molecular flexibility index (Phi) is 7.80. The van der Waals surface area contributed by atoms with Gasteiger partial charge < -0.3 is 8.98 Å². The van der Waals surface area contributed by atoms with Crippen LogP contribution in [0.25, 0.3) is 122 Å². The molecule has 6 nitrogen and oxygen atoms in total. The Morgan fingerprint density at radius 2 is 0.857 bits per heavy atom. The van der Waals surface area contributed by atoms with Crippen LogP contribution >= 0.6 is 0 Å². The van der Waals surface area contributed by atoms with E-state index in [4.69, 9.17) is 19.4 Å². The molecule has 0 amide bonds. The monoisotopic (exact) mass is 805 g/mol. The van der Waals surface area contributed by atoms with E-state index in [0.29, 0.717) is 17.6 Å². The van der Waals surface area contributed by atoms with Crippen LogP contribution in [0.15, 0.2) is 217 Å². The number of hydrogen-bond acceptors (Lipinski definition) is 4. The molecule has 63 heavy (non-hydrogen) atoms. The van der Waals surface area contributed by atoms with E-state index in [9.17, 15) is 0 Å². The summed E-state index contributed by atoms with van der Waals surface area (Å²) in [5, 5.41) is 6.77. The van der Waals surface area contributed by atoms with Crippen LogP contribution in [0.2, 0.25) is 0 Å². The van der Waals surface area contributed by atoms with Gasteiger partial charge in [0, 0.05) is 54.6 Å². The normalized spacial score (nSPS) is 11.8. The van der Waals surface area contributed by atoms with Crippen molar-refractivity contribution in [2.75, 3.05) is 0 Å². The summed E-state index contributed by atoms with van der Waals surface area (Å²) in [6.45, 7) is 0. The minimum absolute atomic E-state index is 0.555. The van der Waals surface area contributed by atoms with Crippen molar-refractivity contribution in [3.63, 3.8) is 0 Å². The van der Waals surface area contributed by atoms with Crippen LogP contribution in [-0.4, -0.2) is 24.1 Å². The van der Waals surface area contributed by atoms with E-state index in [0.717, 1.165) is 99.2 Å². The highest BCUT2D eigenvalue weighted by Crippen LogP contribution is 2.44. The maximum Gasteiger partial charge on any atom is 0.238 e. The van der Waals surface area contributed by atoms with Crippen molar-refractivity contribution in [3.05, 3.63) is 212 Å². The maximum absolute atomic E-state index is 6.71. The number of fused-ring (bicyclic) bond motifs is 9. The van der Waals surface area contributed by atoms with Gasteiger partial charge in [-0.05, 0) is 47.5 Å². The number of nitrogens with zero attached hydrogens (tertiary/aromatic N) is 5. The molecule has 0 saturated carbocycles. The molecule has 294 valence electrons. The third-order valence-corrected chi connectivity index (χ3v) is 12.4. The highest BCUT2D eigenvalue weighted by atomic mass is 16.3. The number of rotatable bonds is 6. The molecule has 13 rings (SSSR count). The Balaban J connectivity index is 1.14. The van der Waals surface area contributed by atoms with Crippen molar-refractivity contribution in [2.45, 2.75) is 0 Å². The smallest absolute Gasteiger partial charge is 0.238 e. The van der Waals surface area contributed by atoms with Gasteiger partial charge in [0.15, 0.2) is 11.6 Å². The van der Waals surface area contributed by atoms with Crippen molar-refractivity contribution >= 4 is 65.6 Å². The van der Waals surface area contributed by atoms with E-state index in [1.54, 1.807) is 0 Å². The van der Waals surface area contributed by atoms with Gasteiger partial charge in [0.2, 0.25) is 5.95 Å². The molecule has 0 fully saturated rings. The average molecular weight is 806 g/mol. The summed E-state index contributed by atoms with van der Waals surface area (Å²) in [6.07, 6.45) is 0. The van der Waals surface area contributed by atoms with E-state index in [1.165, 1.54) is 5.39 Å². The van der Waals surface area contributed by atoms with Crippen LogP contribution in [0.1, 0.15) is 0 Å². The van der Waals surface area contributed by atoms with Gasteiger partial charge in [-0.25, -0.2) is 4.98 Å². The Morgan fingerprint density at radius 3 is 1.52 bits per heavy atom. The summed E-state index contributed by atoms with van der Waals surface area (Å²) in [4.78, 5) is 15.5. The van der Waals surface area contributed by atoms with Crippen molar-refractivity contribution in [2.24, 2.45) is 0 Å². The van der Waals surface area contributed by atoms with Crippen molar-refractivity contribution < 1.29 is 4.42 Å². The molecule has 0 unspecified atom stereocenters. The molecule has 0 saturated heterocycles. The van der Waals surface area contributed by atoms with Crippen LogP contribution in [0.3, 0.4) is 0 Å². The second kappa shape index (κ2) is 14.0. The molecule has 0 atom stereocenters. The minimum atomic E-state index is 0.555. The molecule has 0 aliphatic heterocycles. The third kappa shape index (κ3) is 5.55. The predicted octanol–water partition coefficient (Wildman–Crippen LogP) is 14.6. The van der Waals surface area contributed by atoms with E-state index in [-0.39, 0.29) is 0 Å². The largest absolute Gasteiger partial charge is 0.455 e. The average Bonchev–Trinajstić information content (AvgIpc) is 4.01. The van der Waals surface area contributed by atoms with Crippen LogP contribution in [0.4, 0.5) is 0 Å². The summed E-state index contributed by atoms with van der Waals surface area (Å²) < 4.78 is 11.4. The van der Waals surface area contributed by atoms with Crippen molar-refractivity contribution in [1.29, 1.82) is 0 Å². The van der Waals surface area contributed by atoms with Gasteiger partial charge in [-0.15, -0.1) is 0 Å². The lowest BCUT2D eigenvalue weighted by Crippen LogP contribution is -2.06. The summed E-state index contributed by atoms with van der Waals surface area (Å²) >= 11 is 0. The van der Waals surface area contributed by atoms with Gasteiger partial charge >= 0.3 is 0 Å². The molecule has 0 bridgehead atoms. The quantitative estimate of drug-likeness (QED) is 0.168. The van der Waals surface area contributed by atoms with Gasteiger partial charge in [0.05, 0.1) is 27.8 Å². The first kappa shape index (κ1) is 35.2.